The molecule has 2 aliphatic heterocycles. The smallest absolute Gasteiger partial charge is 0.233 e. The minimum absolute atomic E-state index is 0.00704. The lowest BCUT2D eigenvalue weighted by molar-refractivity contribution is -0.140. The van der Waals surface area contributed by atoms with Crippen LogP contribution in [-0.4, -0.2) is 61.0 Å². The van der Waals surface area contributed by atoms with Gasteiger partial charge in [0.1, 0.15) is 0 Å². The lowest BCUT2D eigenvalue weighted by atomic mass is 9.85. The number of halogens is 1. The van der Waals surface area contributed by atoms with Gasteiger partial charge < -0.3 is 4.74 Å². The van der Waals surface area contributed by atoms with E-state index in [2.05, 4.69) is 4.90 Å². The number of fused-ring (bicyclic) bond motifs is 1. The largest absolute Gasteiger partial charge is 0.379 e. The molecule has 6 heteroatoms. The summed E-state index contributed by atoms with van der Waals surface area (Å²) in [7, 11) is 0. The van der Waals surface area contributed by atoms with Crippen LogP contribution in [0.5, 0.6) is 0 Å². The molecule has 2 atom stereocenters. The monoisotopic (exact) mass is 312 g/mol. The van der Waals surface area contributed by atoms with Gasteiger partial charge in [0.2, 0.25) is 11.8 Å². The van der Waals surface area contributed by atoms with Crippen molar-refractivity contribution in [3.05, 3.63) is 11.1 Å². The zero-order chi connectivity index (χ0) is 14.8. The lowest BCUT2D eigenvalue weighted by Gasteiger charge is -2.27. The molecule has 0 aromatic rings. The summed E-state index contributed by atoms with van der Waals surface area (Å²) in [6.07, 6.45) is 3.84. The van der Waals surface area contributed by atoms with E-state index < -0.39 is 0 Å². The van der Waals surface area contributed by atoms with Gasteiger partial charge in [0.25, 0.3) is 0 Å². The molecule has 3 rings (SSSR count). The number of carbonyl (C=O) groups excluding carboxylic acids is 2. The molecule has 0 spiro atoms. The van der Waals surface area contributed by atoms with Crippen molar-refractivity contribution in [2.75, 3.05) is 39.4 Å². The first-order valence-electron chi connectivity index (χ1n) is 7.66. The lowest BCUT2D eigenvalue weighted by Crippen LogP contribution is -2.39. The molecule has 2 heterocycles. The summed E-state index contributed by atoms with van der Waals surface area (Å²) in [4.78, 5) is 28.5. The van der Waals surface area contributed by atoms with Crippen LogP contribution in [0.25, 0.3) is 0 Å². The number of allylic oxidation sites excluding steroid dienone is 2. The number of imide groups is 1. The number of ether oxygens (including phenoxy) is 1. The second-order valence-electron chi connectivity index (χ2n) is 5.94. The molecule has 116 valence electrons. The SMILES string of the molecule is O=C1[C@H]2CC(Cl)=CC[C@H]2C(=O)N1CCCN1CCOCC1. The first-order valence-corrected chi connectivity index (χ1v) is 8.04. The Kier molecular flexibility index (Phi) is 4.62. The minimum Gasteiger partial charge on any atom is -0.379 e. The van der Waals surface area contributed by atoms with E-state index >= 15 is 0 Å². The van der Waals surface area contributed by atoms with Crippen molar-refractivity contribution in [2.45, 2.75) is 19.3 Å². The number of carbonyl (C=O) groups is 2. The van der Waals surface area contributed by atoms with E-state index in [-0.39, 0.29) is 23.7 Å². The molecule has 0 N–H and O–H groups in total. The standard InChI is InChI=1S/C15H21ClN2O3/c16-11-2-3-12-13(10-11)15(20)18(14(12)19)5-1-4-17-6-8-21-9-7-17/h2,12-13H,1,3-10H2/t12-,13+/m1/s1. The molecule has 2 fully saturated rings. The van der Waals surface area contributed by atoms with Crippen LogP contribution in [0.15, 0.2) is 11.1 Å². The van der Waals surface area contributed by atoms with Crippen molar-refractivity contribution in [1.29, 1.82) is 0 Å². The fourth-order valence-corrected chi connectivity index (χ4v) is 3.65. The second kappa shape index (κ2) is 6.46. The summed E-state index contributed by atoms with van der Waals surface area (Å²) in [5, 5.41) is 0.715. The van der Waals surface area contributed by atoms with E-state index in [9.17, 15) is 9.59 Å². The molecule has 2 saturated heterocycles. The van der Waals surface area contributed by atoms with Gasteiger partial charge in [-0.05, 0) is 19.3 Å². The molecule has 0 unspecified atom stereocenters. The summed E-state index contributed by atoms with van der Waals surface area (Å²) in [6.45, 7) is 4.86. The average Bonchev–Trinajstić information content (AvgIpc) is 2.73. The minimum atomic E-state index is -0.224. The maximum absolute atomic E-state index is 12.4. The van der Waals surface area contributed by atoms with Crippen LogP contribution < -0.4 is 0 Å². The number of nitrogens with zero attached hydrogens (tertiary/aromatic N) is 2. The van der Waals surface area contributed by atoms with E-state index in [4.69, 9.17) is 16.3 Å². The van der Waals surface area contributed by atoms with Gasteiger partial charge in [-0.1, -0.05) is 17.7 Å². The summed E-state index contributed by atoms with van der Waals surface area (Å²) < 4.78 is 5.31. The number of hydrogen-bond donors (Lipinski definition) is 0. The fourth-order valence-electron chi connectivity index (χ4n) is 3.39. The Morgan fingerprint density at radius 2 is 1.86 bits per heavy atom. The summed E-state index contributed by atoms with van der Waals surface area (Å²) in [5.74, 6) is -0.438. The molecule has 21 heavy (non-hydrogen) atoms. The molecule has 0 bridgehead atoms. The van der Waals surface area contributed by atoms with Crippen LogP contribution in [0.1, 0.15) is 19.3 Å². The first kappa shape index (κ1) is 15.0. The van der Waals surface area contributed by atoms with Crippen LogP contribution in [0, 0.1) is 11.8 Å². The maximum Gasteiger partial charge on any atom is 0.233 e. The van der Waals surface area contributed by atoms with Crippen molar-refractivity contribution in [3.63, 3.8) is 0 Å². The molecule has 0 saturated carbocycles. The zero-order valence-corrected chi connectivity index (χ0v) is 12.8. The van der Waals surface area contributed by atoms with Gasteiger partial charge in [-0.3, -0.25) is 19.4 Å². The van der Waals surface area contributed by atoms with Crippen LogP contribution in [0.3, 0.4) is 0 Å². The predicted molar refractivity (Wildman–Crippen MR) is 78.7 cm³/mol. The van der Waals surface area contributed by atoms with Crippen LogP contribution >= 0.6 is 11.6 Å². The van der Waals surface area contributed by atoms with Gasteiger partial charge in [-0.15, -0.1) is 0 Å². The second-order valence-corrected chi connectivity index (χ2v) is 6.42. The highest BCUT2D eigenvalue weighted by Gasteiger charge is 2.47. The van der Waals surface area contributed by atoms with Gasteiger partial charge in [0.15, 0.2) is 0 Å². The van der Waals surface area contributed by atoms with Crippen molar-refractivity contribution in [1.82, 2.24) is 9.80 Å². The van der Waals surface area contributed by atoms with E-state index in [1.54, 1.807) is 0 Å². The number of hydrogen-bond acceptors (Lipinski definition) is 4. The van der Waals surface area contributed by atoms with E-state index in [1.807, 2.05) is 6.08 Å². The van der Waals surface area contributed by atoms with E-state index in [0.29, 0.717) is 24.4 Å². The Bertz CT molecular complexity index is 460. The van der Waals surface area contributed by atoms with E-state index in [0.717, 1.165) is 39.3 Å². The van der Waals surface area contributed by atoms with Gasteiger partial charge in [-0.2, -0.15) is 0 Å². The number of rotatable bonds is 4. The van der Waals surface area contributed by atoms with Crippen molar-refractivity contribution >= 4 is 23.4 Å². The third kappa shape index (κ3) is 3.15. The van der Waals surface area contributed by atoms with Crippen LogP contribution in [0.4, 0.5) is 0 Å². The van der Waals surface area contributed by atoms with Crippen LogP contribution in [-0.2, 0) is 14.3 Å². The summed E-state index contributed by atoms with van der Waals surface area (Å²) in [5.41, 5.74) is 0. The molecular formula is C15H21ClN2O3. The number of likely N-dealkylation sites (tertiary alicyclic amines) is 1. The Hall–Kier alpha value is -0.910. The Balaban J connectivity index is 1.52. The van der Waals surface area contributed by atoms with Crippen molar-refractivity contribution < 1.29 is 14.3 Å². The van der Waals surface area contributed by atoms with E-state index in [1.165, 1.54) is 4.90 Å². The molecule has 1 aliphatic carbocycles. The van der Waals surface area contributed by atoms with Crippen molar-refractivity contribution in [2.24, 2.45) is 11.8 Å². The molecule has 5 nitrogen and oxygen atoms in total. The molecule has 2 amide bonds. The summed E-state index contributed by atoms with van der Waals surface area (Å²) in [6, 6.07) is 0. The fraction of sp³-hybridized carbons (Fsp3) is 0.733. The van der Waals surface area contributed by atoms with Crippen LogP contribution in [0.2, 0.25) is 0 Å². The van der Waals surface area contributed by atoms with Gasteiger partial charge >= 0.3 is 0 Å². The number of amides is 2. The van der Waals surface area contributed by atoms with Crippen molar-refractivity contribution in [3.8, 4) is 0 Å². The normalized spacial score (nSPS) is 30.5. The summed E-state index contributed by atoms with van der Waals surface area (Å²) >= 11 is 6.01. The molecular weight excluding hydrogens is 292 g/mol. The van der Waals surface area contributed by atoms with Gasteiger partial charge in [0, 0.05) is 31.2 Å². The predicted octanol–water partition coefficient (Wildman–Crippen LogP) is 1.23. The first-order chi connectivity index (χ1) is 10.2. The Labute approximate surface area is 129 Å². The maximum atomic E-state index is 12.4. The third-order valence-electron chi connectivity index (χ3n) is 4.62. The molecule has 0 radical (unpaired) electrons. The Morgan fingerprint density at radius 3 is 2.62 bits per heavy atom. The quantitative estimate of drug-likeness (QED) is 0.733. The van der Waals surface area contributed by atoms with Gasteiger partial charge in [-0.25, -0.2) is 0 Å². The Morgan fingerprint density at radius 1 is 1.14 bits per heavy atom. The van der Waals surface area contributed by atoms with Gasteiger partial charge in [0.05, 0.1) is 25.0 Å². The molecule has 0 aromatic carbocycles. The number of morpholine rings is 1. The highest BCUT2D eigenvalue weighted by atomic mass is 35.5. The molecule has 0 aromatic heterocycles. The highest BCUT2D eigenvalue weighted by Crippen LogP contribution is 2.38. The molecule has 3 aliphatic rings. The highest BCUT2D eigenvalue weighted by molar-refractivity contribution is 6.30. The third-order valence-corrected chi connectivity index (χ3v) is 4.93. The zero-order valence-electron chi connectivity index (χ0n) is 12.1. The average molecular weight is 313 g/mol. The topological polar surface area (TPSA) is 49.9 Å².